The summed E-state index contributed by atoms with van der Waals surface area (Å²) in [5.41, 5.74) is 2.46. The van der Waals surface area contributed by atoms with Crippen molar-refractivity contribution in [3.05, 3.63) is 52.5 Å². The summed E-state index contributed by atoms with van der Waals surface area (Å²) >= 11 is 3.49. The van der Waals surface area contributed by atoms with Gasteiger partial charge in [-0.15, -0.1) is 0 Å². The molecule has 9 heteroatoms. The summed E-state index contributed by atoms with van der Waals surface area (Å²) in [4.78, 5) is 16.3. The van der Waals surface area contributed by atoms with Crippen molar-refractivity contribution in [2.45, 2.75) is 17.9 Å². The lowest BCUT2D eigenvalue weighted by atomic mass is 10.1. The van der Waals surface area contributed by atoms with Crippen LogP contribution in [0, 0.1) is 6.92 Å². The zero-order chi connectivity index (χ0) is 21.5. The fourth-order valence-electron chi connectivity index (χ4n) is 4.14. The third-order valence-corrected chi connectivity index (χ3v) is 7.89. The summed E-state index contributed by atoms with van der Waals surface area (Å²) in [6.07, 6.45) is 0. The zero-order valence-corrected chi connectivity index (χ0v) is 19.3. The van der Waals surface area contributed by atoms with Crippen LogP contribution in [0.1, 0.15) is 5.56 Å². The molecule has 2 aliphatic rings. The van der Waals surface area contributed by atoms with Gasteiger partial charge in [-0.3, -0.25) is 14.0 Å². The summed E-state index contributed by atoms with van der Waals surface area (Å²) in [5, 5.41) is 0. The van der Waals surface area contributed by atoms with Crippen molar-refractivity contribution < 1.29 is 17.9 Å². The molecule has 160 valence electrons. The quantitative estimate of drug-likeness (QED) is 0.609. The van der Waals surface area contributed by atoms with Gasteiger partial charge in [-0.25, -0.2) is 8.42 Å². The molecule has 0 amide bonds. The first kappa shape index (κ1) is 21.1. The highest BCUT2D eigenvalue weighted by Crippen LogP contribution is 2.41. The topological polar surface area (TPSA) is 70.2 Å². The summed E-state index contributed by atoms with van der Waals surface area (Å²) in [6.45, 7) is 4.42. The number of hydrogen-bond donors (Lipinski definition) is 0. The van der Waals surface area contributed by atoms with Gasteiger partial charge in [0.25, 0.3) is 10.0 Å². The van der Waals surface area contributed by atoms with E-state index in [1.54, 1.807) is 18.2 Å². The van der Waals surface area contributed by atoms with Gasteiger partial charge in [0.1, 0.15) is 0 Å². The third-order valence-electron chi connectivity index (χ3n) is 5.62. The molecule has 0 N–H and O–H groups in total. The highest BCUT2D eigenvalue weighted by Gasteiger charge is 2.40. The Hall–Kier alpha value is -2.10. The van der Waals surface area contributed by atoms with Crippen LogP contribution in [0.5, 0.6) is 0 Å². The molecule has 7 nitrogen and oxygen atoms in total. The van der Waals surface area contributed by atoms with Gasteiger partial charge in [0.15, 0.2) is 0 Å². The number of sulfonamides is 1. The summed E-state index contributed by atoms with van der Waals surface area (Å²) in [5.74, 6) is -0.284. The molecular formula is C21H24BrN3O4S. The molecule has 0 saturated carbocycles. The number of hydrogen-bond acceptors (Lipinski definition) is 6. The molecule has 1 saturated heterocycles. The van der Waals surface area contributed by atoms with Crippen LogP contribution in [-0.2, 0) is 19.6 Å². The van der Waals surface area contributed by atoms with E-state index in [4.69, 9.17) is 4.74 Å². The predicted molar refractivity (Wildman–Crippen MR) is 119 cm³/mol. The maximum Gasteiger partial charge on any atom is 0.319 e. The van der Waals surface area contributed by atoms with Crippen molar-refractivity contribution >= 4 is 43.3 Å². The summed E-state index contributed by atoms with van der Waals surface area (Å²) in [7, 11) is -2.36. The molecule has 2 aromatic rings. The number of piperazine rings is 1. The van der Waals surface area contributed by atoms with E-state index in [-0.39, 0.29) is 23.5 Å². The molecule has 0 aromatic heterocycles. The molecule has 0 aliphatic carbocycles. The highest BCUT2D eigenvalue weighted by molar-refractivity contribution is 9.10. The van der Waals surface area contributed by atoms with Crippen LogP contribution in [0.4, 0.5) is 11.4 Å². The van der Waals surface area contributed by atoms with Gasteiger partial charge in [-0.2, -0.15) is 0 Å². The Morgan fingerprint density at radius 3 is 2.67 bits per heavy atom. The number of anilines is 2. The Balaban J connectivity index is 1.72. The van der Waals surface area contributed by atoms with Gasteiger partial charge in [0.05, 0.1) is 42.5 Å². The number of carbonyl (C=O) groups is 1. The first-order valence-electron chi connectivity index (χ1n) is 9.74. The van der Waals surface area contributed by atoms with Crippen molar-refractivity contribution in [2.75, 3.05) is 49.0 Å². The van der Waals surface area contributed by atoms with Gasteiger partial charge in [0.2, 0.25) is 0 Å². The number of methoxy groups -OCH3 is 1. The van der Waals surface area contributed by atoms with E-state index in [9.17, 15) is 13.2 Å². The number of fused-ring (bicyclic) bond motifs is 3. The number of halogens is 1. The molecule has 0 unspecified atom stereocenters. The van der Waals surface area contributed by atoms with E-state index < -0.39 is 10.0 Å². The Kier molecular flexibility index (Phi) is 5.78. The van der Waals surface area contributed by atoms with Crippen LogP contribution in [-0.4, -0.2) is 65.2 Å². The number of carbonyl (C=O) groups excluding carboxylic acids is 1. The number of aryl methyl sites for hydroxylation is 1. The lowest BCUT2D eigenvalue weighted by Crippen LogP contribution is -2.61. The van der Waals surface area contributed by atoms with Crippen LogP contribution in [0.25, 0.3) is 0 Å². The molecular weight excluding hydrogens is 470 g/mol. The van der Waals surface area contributed by atoms with Gasteiger partial charge in [0, 0.05) is 24.1 Å². The summed E-state index contributed by atoms with van der Waals surface area (Å²) < 4.78 is 34.3. The second-order valence-corrected chi connectivity index (χ2v) is 10.4. The smallest absolute Gasteiger partial charge is 0.319 e. The molecule has 4 rings (SSSR count). The SMILES string of the molecule is COC(=O)CN1CCN2c3ccc(Br)cc3N(S(=O)(=O)c3cccc(C)c3)C[C@@H]2C1. The first-order valence-corrected chi connectivity index (χ1v) is 12.0. The van der Waals surface area contributed by atoms with Crippen molar-refractivity contribution in [3.63, 3.8) is 0 Å². The van der Waals surface area contributed by atoms with E-state index >= 15 is 0 Å². The Morgan fingerprint density at radius 1 is 1.13 bits per heavy atom. The third kappa shape index (κ3) is 3.93. The Bertz CT molecular complexity index is 1080. The molecule has 2 heterocycles. The number of ether oxygens (including phenoxy) is 1. The minimum absolute atomic E-state index is 0.0586. The van der Waals surface area contributed by atoms with Crippen LogP contribution in [0.2, 0.25) is 0 Å². The molecule has 1 atom stereocenters. The van der Waals surface area contributed by atoms with Crippen LogP contribution >= 0.6 is 15.9 Å². The Labute approximate surface area is 185 Å². The van der Waals surface area contributed by atoms with Crippen LogP contribution in [0.15, 0.2) is 51.8 Å². The Morgan fingerprint density at radius 2 is 1.93 bits per heavy atom. The van der Waals surface area contributed by atoms with Gasteiger partial charge in [-0.1, -0.05) is 28.1 Å². The second-order valence-electron chi connectivity index (χ2n) is 7.64. The van der Waals surface area contributed by atoms with Gasteiger partial charge >= 0.3 is 5.97 Å². The summed E-state index contributed by atoms with van der Waals surface area (Å²) in [6, 6.07) is 12.7. The second kappa shape index (κ2) is 8.20. The van der Waals surface area contributed by atoms with E-state index in [1.807, 2.05) is 36.1 Å². The van der Waals surface area contributed by atoms with E-state index in [2.05, 4.69) is 20.8 Å². The average molecular weight is 494 g/mol. The van der Waals surface area contributed by atoms with Crippen molar-refractivity contribution in [1.29, 1.82) is 0 Å². The minimum Gasteiger partial charge on any atom is -0.468 e. The minimum atomic E-state index is -3.73. The molecule has 2 aromatic carbocycles. The van der Waals surface area contributed by atoms with Gasteiger partial charge in [-0.05, 0) is 42.8 Å². The predicted octanol–water partition coefficient (Wildman–Crippen LogP) is 2.63. The molecule has 0 spiro atoms. The van der Waals surface area contributed by atoms with Crippen LogP contribution in [0.3, 0.4) is 0 Å². The molecule has 30 heavy (non-hydrogen) atoms. The number of nitrogens with zero attached hydrogens (tertiary/aromatic N) is 3. The lowest BCUT2D eigenvalue weighted by molar-refractivity contribution is -0.142. The average Bonchev–Trinajstić information content (AvgIpc) is 2.72. The fraction of sp³-hybridized carbons (Fsp3) is 0.381. The normalized spacial score (nSPS) is 19.2. The van der Waals surface area contributed by atoms with Crippen molar-refractivity contribution in [2.24, 2.45) is 0 Å². The van der Waals surface area contributed by atoms with E-state index in [0.717, 1.165) is 15.7 Å². The lowest BCUT2D eigenvalue weighted by Gasteiger charge is -2.48. The number of rotatable bonds is 4. The van der Waals surface area contributed by atoms with E-state index in [0.29, 0.717) is 31.9 Å². The molecule has 0 radical (unpaired) electrons. The maximum atomic E-state index is 13.6. The molecule has 1 fully saturated rings. The van der Waals surface area contributed by atoms with Gasteiger partial charge < -0.3 is 9.64 Å². The number of esters is 1. The fourth-order valence-corrected chi connectivity index (χ4v) is 6.11. The van der Waals surface area contributed by atoms with Crippen molar-refractivity contribution in [1.82, 2.24) is 4.90 Å². The standard InChI is InChI=1S/C21H24BrN3O4S/c1-15-4-3-5-18(10-15)30(27,28)25-13-17-12-23(14-21(26)29-2)8-9-24(17)19-7-6-16(22)11-20(19)25/h3-7,10-11,17H,8-9,12-14H2,1-2H3/t17-/m0/s1. The largest absolute Gasteiger partial charge is 0.468 e. The first-order chi connectivity index (χ1) is 14.3. The monoisotopic (exact) mass is 493 g/mol. The van der Waals surface area contributed by atoms with E-state index in [1.165, 1.54) is 11.4 Å². The number of benzene rings is 2. The molecule has 0 bridgehead atoms. The molecule has 2 aliphatic heterocycles. The zero-order valence-electron chi connectivity index (χ0n) is 16.9. The van der Waals surface area contributed by atoms with Crippen LogP contribution < -0.4 is 9.21 Å². The maximum absolute atomic E-state index is 13.6. The van der Waals surface area contributed by atoms with Crippen molar-refractivity contribution in [3.8, 4) is 0 Å². The highest BCUT2D eigenvalue weighted by atomic mass is 79.9.